The Bertz CT molecular complexity index is 1200. The van der Waals surface area contributed by atoms with Crippen molar-refractivity contribution >= 4 is 23.6 Å². The van der Waals surface area contributed by atoms with Crippen molar-refractivity contribution in [1.82, 2.24) is 15.5 Å². The van der Waals surface area contributed by atoms with Gasteiger partial charge < -0.3 is 25.7 Å². The molecule has 0 spiro atoms. The normalized spacial score (nSPS) is 17.6. The van der Waals surface area contributed by atoms with E-state index < -0.39 is 11.4 Å². The number of piperidine rings is 1. The number of carboxylic acid groups (broad SMARTS) is 1. The number of rotatable bonds is 13. The van der Waals surface area contributed by atoms with Crippen LogP contribution in [0.1, 0.15) is 54.7 Å². The number of nitrogens with one attached hydrogen (secondary N) is 2. The lowest BCUT2D eigenvalue weighted by atomic mass is 9.71. The van der Waals surface area contributed by atoms with E-state index in [0.717, 1.165) is 55.6 Å². The Morgan fingerprint density at radius 3 is 2.15 bits per heavy atom. The fourth-order valence-corrected chi connectivity index (χ4v) is 5.98. The van der Waals surface area contributed by atoms with E-state index in [0.29, 0.717) is 24.5 Å². The van der Waals surface area contributed by atoms with Gasteiger partial charge in [-0.2, -0.15) is 0 Å². The lowest BCUT2D eigenvalue weighted by molar-refractivity contribution is -0.137. The summed E-state index contributed by atoms with van der Waals surface area (Å²) in [7, 11) is 0. The summed E-state index contributed by atoms with van der Waals surface area (Å²) < 4.78 is 0. The molecular formula is C33H40ClN3O4. The molecule has 3 aromatic rings. The molecule has 1 heterocycles. The third-order valence-electron chi connectivity index (χ3n) is 8.09. The fourth-order valence-electron chi connectivity index (χ4n) is 5.85. The molecule has 1 aliphatic heterocycles. The summed E-state index contributed by atoms with van der Waals surface area (Å²) in [5.41, 5.74) is 2.91. The molecule has 3 aromatic carbocycles. The van der Waals surface area contributed by atoms with E-state index >= 15 is 0 Å². The number of carbonyl (C=O) groups excluding carboxylic acids is 1. The van der Waals surface area contributed by atoms with Crippen LogP contribution >= 0.6 is 11.6 Å². The molecule has 0 radical (unpaired) electrons. The molecule has 4 N–H and O–H groups in total. The highest BCUT2D eigenvalue weighted by atomic mass is 35.5. The molecule has 1 aliphatic rings. The minimum atomic E-state index is -0.873. The number of amides is 2. The Morgan fingerprint density at radius 1 is 0.902 bits per heavy atom. The molecule has 2 unspecified atom stereocenters. The van der Waals surface area contributed by atoms with Gasteiger partial charge in [-0.3, -0.25) is 4.79 Å². The van der Waals surface area contributed by atoms with Gasteiger partial charge in [0.15, 0.2) is 0 Å². The highest BCUT2D eigenvalue weighted by Gasteiger charge is 2.35. The van der Waals surface area contributed by atoms with Gasteiger partial charge in [-0.05, 0) is 61.1 Å². The summed E-state index contributed by atoms with van der Waals surface area (Å²) in [5.74, 6) is -0.831. The first-order chi connectivity index (χ1) is 19.9. The molecule has 0 bridgehead atoms. The summed E-state index contributed by atoms with van der Waals surface area (Å²) in [4.78, 5) is 26.0. The van der Waals surface area contributed by atoms with Crippen LogP contribution in [0.2, 0.25) is 5.02 Å². The standard InChI is InChI=1S/C33H40ClN3O4/c34-28-16-14-25(15-17-28)29-23-37(22-18-30(29)38)21-8-19-33(26-9-3-1-4-10-26,27-11-5-2-6-12-27)24-36-32(41)35-20-7-13-31(39)40/h1-6,9-12,14-17,29-30,38H,7-8,13,18-24H2,(H,39,40)(H2,35,36,41). The van der Waals surface area contributed by atoms with Crippen molar-refractivity contribution in [3.63, 3.8) is 0 Å². The average molecular weight is 578 g/mol. The number of halogens is 1. The van der Waals surface area contributed by atoms with Crippen molar-refractivity contribution in [2.24, 2.45) is 0 Å². The third kappa shape index (κ3) is 8.55. The summed E-state index contributed by atoms with van der Waals surface area (Å²) >= 11 is 6.09. The molecule has 4 rings (SSSR count). The second-order valence-electron chi connectivity index (χ2n) is 10.8. The van der Waals surface area contributed by atoms with Crippen LogP contribution in [0.3, 0.4) is 0 Å². The lowest BCUT2D eigenvalue weighted by Gasteiger charge is -2.39. The first-order valence-electron chi connectivity index (χ1n) is 14.4. The second-order valence-corrected chi connectivity index (χ2v) is 11.3. The van der Waals surface area contributed by atoms with E-state index in [9.17, 15) is 14.7 Å². The van der Waals surface area contributed by atoms with Crippen LogP contribution in [-0.2, 0) is 10.2 Å². The van der Waals surface area contributed by atoms with Crippen LogP contribution < -0.4 is 10.6 Å². The molecular weight excluding hydrogens is 538 g/mol. The number of hydrogen-bond acceptors (Lipinski definition) is 4. The Morgan fingerprint density at radius 2 is 1.54 bits per heavy atom. The van der Waals surface area contributed by atoms with Gasteiger partial charge in [0, 0.05) is 49.0 Å². The molecule has 0 saturated carbocycles. The maximum Gasteiger partial charge on any atom is 0.314 e. The van der Waals surface area contributed by atoms with Gasteiger partial charge in [-0.25, -0.2) is 4.79 Å². The van der Waals surface area contributed by atoms with Crippen LogP contribution in [0, 0.1) is 0 Å². The molecule has 8 heteroatoms. The van der Waals surface area contributed by atoms with Crippen molar-refractivity contribution in [3.05, 3.63) is 107 Å². The van der Waals surface area contributed by atoms with Crippen molar-refractivity contribution in [1.29, 1.82) is 0 Å². The summed E-state index contributed by atoms with van der Waals surface area (Å²) in [5, 5.41) is 26.2. The molecule has 0 aromatic heterocycles. The number of aliphatic hydroxyl groups excluding tert-OH is 1. The van der Waals surface area contributed by atoms with E-state index in [1.807, 2.05) is 60.7 Å². The SMILES string of the molecule is O=C(O)CCCNC(=O)NCC(CCCN1CCC(O)C(c2ccc(Cl)cc2)C1)(c1ccccc1)c1ccccc1. The first-order valence-corrected chi connectivity index (χ1v) is 14.8. The Kier molecular flexibility index (Phi) is 11.2. The van der Waals surface area contributed by atoms with E-state index in [2.05, 4.69) is 39.8 Å². The highest BCUT2D eigenvalue weighted by Crippen LogP contribution is 2.37. The lowest BCUT2D eigenvalue weighted by Crippen LogP contribution is -2.46. The molecule has 0 aliphatic carbocycles. The molecule has 41 heavy (non-hydrogen) atoms. The monoisotopic (exact) mass is 577 g/mol. The summed E-state index contributed by atoms with van der Waals surface area (Å²) in [6, 6.07) is 28.1. The topological polar surface area (TPSA) is 102 Å². The summed E-state index contributed by atoms with van der Waals surface area (Å²) in [6.45, 7) is 3.20. The number of nitrogens with zero attached hydrogens (tertiary/aromatic N) is 1. The second kappa shape index (κ2) is 15.0. The van der Waals surface area contributed by atoms with Gasteiger partial charge in [-0.1, -0.05) is 84.4 Å². The zero-order chi connectivity index (χ0) is 29.1. The number of hydrogen-bond donors (Lipinski definition) is 4. The number of carbonyl (C=O) groups is 2. The van der Waals surface area contributed by atoms with Crippen LogP contribution in [0.4, 0.5) is 4.79 Å². The van der Waals surface area contributed by atoms with Crippen LogP contribution in [0.25, 0.3) is 0 Å². The smallest absolute Gasteiger partial charge is 0.314 e. The number of benzene rings is 3. The van der Waals surface area contributed by atoms with Gasteiger partial charge in [0.25, 0.3) is 0 Å². The molecule has 1 fully saturated rings. The fraction of sp³-hybridized carbons (Fsp3) is 0.394. The maximum atomic E-state index is 12.7. The minimum absolute atomic E-state index is 0.0185. The van der Waals surface area contributed by atoms with Gasteiger partial charge >= 0.3 is 12.0 Å². The van der Waals surface area contributed by atoms with E-state index in [1.54, 1.807) is 0 Å². The largest absolute Gasteiger partial charge is 0.481 e. The van der Waals surface area contributed by atoms with Gasteiger partial charge in [-0.15, -0.1) is 0 Å². The van der Waals surface area contributed by atoms with E-state index in [-0.39, 0.29) is 24.5 Å². The van der Waals surface area contributed by atoms with E-state index in [1.165, 1.54) is 0 Å². The van der Waals surface area contributed by atoms with Crippen LogP contribution in [0.15, 0.2) is 84.9 Å². The van der Waals surface area contributed by atoms with Crippen molar-refractivity contribution < 1.29 is 19.8 Å². The van der Waals surface area contributed by atoms with Crippen molar-refractivity contribution in [3.8, 4) is 0 Å². The van der Waals surface area contributed by atoms with Crippen LogP contribution in [-0.4, -0.2) is 65.9 Å². The van der Waals surface area contributed by atoms with Crippen molar-refractivity contribution in [2.75, 3.05) is 32.7 Å². The van der Waals surface area contributed by atoms with Gasteiger partial charge in [0.1, 0.15) is 0 Å². The minimum Gasteiger partial charge on any atom is -0.481 e. The Labute approximate surface area is 247 Å². The maximum absolute atomic E-state index is 12.7. The van der Waals surface area contributed by atoms with Gasteiger partial charge in [0.05, 0.1) is 6.10 Å². The number of aliphatic hydroxyl groups is 1. The Balaban J connectivity index is 1.48. The van der Waals surface area contributed by atoms with E-state index in [4.69, 9.17) is 16.7 Å². The predicted molar refractivity (Wildman–Crippen MR) is 162 cm³/mol. The quantitative estimate of drug-likeness (QED) is 0.203. The average Bonchev–Trinajstić information content (AvgIpc) is 2.99. The first kappa shape index (κ1) is 30.6. The number of urea groups is 1. The number of carboxylic acids is 1. The Hall–Kier alpha value is -3.39. The predicted octanol–water partition coefficient (Wildman–Crippen LogP) is 5.42. The highest BCUT2D eigenvalue weighted by molar-refractivity contribution is 6.30. The summed E-state index contributed by atoms with van der Waals surface area (Å²) in [6.07, 6.45) is 2.45. The molecule has 2 amide bonds. The van der Waals surface area contributed by atoms with Crippen LogP contribution in [0.5, 0.6) is 0 Å². The number of likely N-dealkylation sites (tertiary alicyclic amines) is 1. The molecule has 1 saturated heterocycles. The molecule has 7 nitrogen and oxygen atoms in total. The number of aliphatic carboxylic acids is 1. The zero-order valence-electron chi connectivity index (χ0n) is 23.3. The third-order valence-corrected chi connectivity index (χ3v) is 8.34. The van der Waals surface area contributed by atoms with Gasteiger partial charge in [0.2, 0.25) is 0 Å². The molecule has 218 valence electrons. The molecule has 2 atom stereocenters. The zero-order valence-corrected chi connectivity index (χ0v) is 24.1. The van der Waals surface area contributed by atoms with Crippen molar-refractivity contribution in [2.45, 2.75) is 49.5 Å².